The molecule has 108 valence electrons. The van der Waals surface area contributed by atoms with E-state index in [1.165, 1.54) is 0 Å². The number of nitrogens with one attached hydrogen (secondary N) is 2. The molecule has 18 heavy (non-hydrogen) atoms. The first kappa shape index (κ1) is 19.5. The van der Waals surface area contributed by atoms with Gasteiger partial charge in [0.15, 0.2) is 0 Å². The standard InChI is InChI=1S/C12H24N2O3.ClH/c1-5-7-10(12(16)17)14-9(4)11(15)13-8(3)6-2;/h8-10,14H,5-7H2,1-4H3,(H,13,15)(H,16,17);1H. The second kappa shape index (κ2) is 10.1. The molecule has 0 aromatic heterocycles. The van der Waals surface area contributed by atoms with Crippen LogP contribution in [0.1, 0.15) is 47.0 Å². The Morgan fingerprint density at radius 1 is 1.22 bits per heavy atom. The molecule has 0 aliphatic heterocycles. The first-order valence-electron chi connectivity index (χ1n) is 6.21. The van der Waals surface area contributed by atoms with Crippen LogP contribution in [0.25, 0.3) is 0 Å². The maximum Gasteiger partial charge on any atom is 0.320 e. The summed E-state index contributed by atoms with van der Waals surface area (Å²) < 4.78 is 0. The molecule has 0 fully saturated rings. The van der Waals surface area contributed by atoms with E-state index in [4.69, 9.17) is 5.11 Å². The Hall–Kier alpha value is -0.810. The minimum atomic E-state index is -0.907. The van der Waals surface area contributed by atoms with Crippen molar-refractivity contribution in [3.63, 3.8) is 0 Å². The van der Waals surface area contributed by atoms with Crippen LogP contribution in [0, 0.1) is 0 Å². The SMILES string of the molecule is CCCC(NC(C)C(=O)NC(C)CC)C(=O)O.Cl. The van der Waals surface area contributed by atoms with E-state index in [1.54, 1.807) is 6.92 Å². The number of carbonyl (C=O) groups is 2. The summed E-state index contributed by atoms with van der Waals surface area (Å²) in [5, 5.41) is 14.6. The van der Waals surface area contributed by atoms with Gasteiger partial charge < -0.3 is 10.4 Å². The number of halogens is 1. The lowest BCUT2D eigenvalue weighted by atomic mass is 10.1. The smallest absolute Gasteiger partial charge is 0.320 e. The van der Waals surface area contributed by atoms with Gasteiger partial charge in [0.1, 0.15) is 6.04 Å². The van der Waals surface area contributed by atoms with E-state index in [-0.39, 0.29) is 24.4 Å². The quantitative estimate of drug-likeness (QED) is 0.630. The summed E-state index contributed by atoms with van der Waals surface area (Å²) in [6, 6.07) is -1.03. The van der Waals surface area contributed by atoms with Crippen LogP contribution in [0.5, 0.6) is 0 Å². The second-order valence-corrected chi connectivity index (χ2v) is 4.39. The fraction of sp³-hybridized carbons (Fsp3) is 0.833. The number of aliphatic carboxylic acids is 1. The largest absolute Gasteiger partial charge is 0.480 e. The van der Waals surface area contributed by atoms with Crippen LogP contribution in [0.2, 0.25) is 0 Å². The Balaban J connectivity index is 0. The Labute approximate surface area is 115 Å². The zero-order valence-corrected chi connectivity index (χ0v) is 12.3. The molecule has 0 heterocycles. The summed E-state index contributed by atoms with van der Waals surface area (Å²) in [5.74, 6) is -1.06. The van der Waals surface area contributed by atoms with E-state index in [0.29, 0.717) is 6.42 Å². The van der Waals surface area contributed by atoms with E-state index in [1.807, 2.05) is 20.8 Å². The zero-order valence-electron chi connectivity index (χ0n) is 11.5. The highest BCUT2D eigenvalue weighted by Gasteiger charge is 2.22. The van der Waals surface area contributed by atoms with Gasteiger partial charge in [-0.3, -0.25) is 14.9 Å². The van der Waals surface area contributed by atoms with Gasteiger partial charge in [0.2, 0.25) is 5.91 Å². The molecule has 3 atom stereocenters. The van der Waals surface area contributed by atoms with Crippen molar-refractivity contribution in [2.24, 2.45) is 0 Å². The summed E-state index contributed by atoms with van der Waals surface area (Å²) in [5.41, 5.74) is 0. The van der Waals surface area contributed by atoms with Crippen LogP contribution in [0.4, 0.5) is 0 Å². The van der Waals surface area contributed by atoms with E-state index < -0.39 is 18.1 Å². The van der Waals surface area contributed by atoms with Gasteiger partial charge in [-0.1, -0.05) is 20.3 Å². The molecular formula is C12H25ClN2O3. The van der Waals surface area contributed by atoms with Gasteiger partial charge in [-0.05, 0) is 26.7 Å². The Kier molecular flexibility index (Phi) is 11.0. The van der Waals surface area contributed by atoms with Crippen molar-refractivity contribution < 1.29 is 14.7 Å². The predicted molar refractivity (Wildman–Crippen MR) is 74.1 cm³/mol. The lowest BCUT2D eigenvalue weighted by Crippen LogP contribution is -2.50. The van der Waals surface area contributed by atoms with Crippen LogP contribution in [-0.2, 0) is 9.59 Å². The number of carbonyl (C=O) groups excluding carboxylic acids is 1. The third kappa shape index (κ3) is 7.50. The zero-order chi connectivity index (χ0) is 13.4. The van der Waals surface area contributed by atoms with Crippen molar-refractivity contribution in [1.82, 2.24) is 10.6 Å². The molecule has 3 unspecified atom stereocenters. The third-order valence-corrected chi connectivity index (χ3v) is 2.72. The van der Waals surface area contributed by atoms with Crippen LogP contribution < -0.4 is 10.6 Å². The lowest BCUT2D eigenvalue weighted by molar-refractivity contribution is -0.140. The Morgan fingerprint density at radius 2 is 1.78 bits per heavy atom. The third-order valence-electron chi connectivity index (χ3n) is 2.72. The Morgan fingerprint density at radius 3 is 2.17 bits per heavy atom. The van der Waals surface area contributed by atoms with E-state index in [2.05, 4.69) is 10.6 Å². The molecule has 0 aliphatic rings. The highest BCUT2D eigenvalue weighted by atomic mass is 35.5. The fourth-order valence-electron chi connectivity index (χ4n) is 1.41. The van der Waals surface area contributed by atoms with Gasteiger partial charge in [-0.15, -0.1) is 12.4 Å². The van der Waals surface area contributed by atoms with E-state index in [0.717, 1.165) is 12.8 Å². The molecular weight excluding hydrogens is 256 g/mol. The second-order valence-electron chi connectivity index (χ2n) is 4.39. The average Bonchev–Trinajstić information content (AvgIpc) is 2.27. The summed E-state index contributed by atoms with van der Waals surface area (Å²) >= 11 is 0. The number of rotatable bonds is 8. The molecule has 0 spiro atoms. The number of amides is 1. The summed E-state index contributed by atoms with van der Waals surface area (Å²) in [6.07, 6.45) is 2.15. The topological polar surface area (TPSA) is 78.4 Å². The molecule has 0 aromatic carbocycles. The first-order valence-corrected chi connectivity index (χ1v) is 6.21. The van der Waals surface area contributed by atoms with E-state index >= 15 is 0 Å². The van der Waals surface area contributed by atoms with E-state index in [9.17, 15) is 9.59 Å². The lowest BCUT2D eigenvalue weighted by Gasteiger charge is -2.21. The van der Waals surface area contributed by atoms with Crippen LogP contribution >= 0.6 is 12.4 Å². The van der Waals surface area contributed by atoms with Crippen molar-refractivity contribution >= 4 is 24.3 Å². The summed E-state index contributed by atoms with van der Waals surface area (Å²) in [4.78, 5) is 22.6. The molecule has 0 radical (unpaired) electrons. The first-order chi connectivity index (χ1) is 7.92. The Bertz CT molecular complexity index is 262. The molecule has 0 aromatic rings. The van der Waals surface area contributed by atoms with Gasteiger partial charge in [0, 0.05) is 6.04 Å². The van der Waals surface area contributed by atoms with Gasteiger partial charge in [0.05, 0.1) is 6.04 Å². The summed E-state index contributed by atoms with van der Waals surface area (Å²) in [6.45, 7) is 7.51. The highest BCUT2D eigenvalue weighted by molar-refractivity contribution is 5.85. The minimum Gasteiger partial charge on any atom is -0.480 e. The molecule has 0 aliphatic carbocycles. The molecule has 0 rings (SSSR count). The predicted octanol–water partition coefficient (Wildman–Crippen LogP) is 1.55. The fourth-order valence-corrected chi connectivity index (χ4v) is 1.41. The average molecular weight is 281 g/mol. The highest BCUT2D eigenvalue weighted by Crippen LogP contribution is 1.99. The molecule has 6 heteroatoms. The van der Waals surface area contributed by atoms with Gasteiger partial charge in [-0.2, -0.15) is 0 Å². The monoisotopic (exact) mass is 280 g/mol. The van der Waals surface area contributed by atoms with Crippen molar-refractivity contribution in [2.45, 2.75) is 65.1 Å². The molecule has 1 amide bonds. The molecule has 0 bridgehead atoms. The normalized spacial score (nSPS) is 15.1. The van der Waals surface area contributed by atoms with Gasteiger partial charge in [0.25, 0.3) is 0 Å². The van der Waals surface area contributed by atoms with Crippen molar-refractivity contribution in [3.8, 4) is 0 Å². The van der Waals surface area contributed by atoms with Gasteiger partial charge in [-0.25, -0.2) is 0 Å². The van der Waals surface area contributed by atoms with Gasteiger partial charge >= 0.3 is 5.97 Å². The molecule has 5 nitrogen and oxygen atoms in total. The molecule has 3 N–H and O–H groups in total. The van der Waals surface area contributed by atoms with Crippen LogP contribution in [0.3, 0.4) is 0 Å². The number of carboxylic acid groups (broad SMARTS) is 1. The van der Waals surface area contributed by atoms with Crippen molar-refractivity contribution in [2.75, 3.05) is 0 Å². The number of hydrogen-bond acceptors (Lipinski definition) is 3. The van der Waals surface area contributed by atoms with Crippen molar-refractivity contribution in [1.29, 1.82) is 0 Å². The molecule has 0 saturated heterocycles. The maximum absolute atomic E-state index is 11.7. The number of carboxylic acids is 1. The number of hydrogen-bond donors (Lipinski definition) is 3. The van der Waals surface area contributed by atoms with Crippen LogP contribution in [0.15, 0.2) is 0 Å². The van der Waals surface area contributed by atoms with Crippen LogP contribution in [-0.4, -0.2) is 35.1 Å². The van der Waals surface area contributed by atoms with Crippen molar-refractivity contribution in [3.05, 3.63) is 0 Å². The molecule has 0 saturated carbocycles. The summed E-state index contributed by atoms with van der Waals surface area (Å²) in [7, 11) is 0. The minimum absolute atomic E-state index is 0. The maximum atomic E-state index is 11.7.